The molecule has 40 heavy (non-hydrogen) atoms. The number of benzene rings is 2. The van der Waals surface area contributed by atoms with Crippen molar-refractivity contribution in [2.75, 3.05) is 11.9 Å². The van der Waals surface area contributed by atoms with E-state index in [2.05, 4.69) is 52.2 Å². The first-order valence-corrected chi connectivity index (χ1v) is 13.6. The second-order valence-corrected chi connectivity index (χ2v) is 10.0. The van der Waals surface area contributed by atoms with Crippen molar-refractivity contribution >= 4 is 11.6 Å². The average molecular weight is 529 g/mol. The van der Waals surface area contributed by atoms with Crippen molar-refractivity contribution in [3.63, 3.8) is 0 Å². The molecule has 0 amide bonds. The van der Waals surface area contributed by atoms with E-state index in [4.69, 9.17) is 20.0 Å². The number of fused-ring (bicyclic) bond motifs is 1. The molecule has 2 aromatic carbocycles. The molecule has 2 aromatic heterocycles. The number of anilines is 2. The molecule has 0 spiro atoms. The predicted molar refractivity (Wildman–Crippen MR) is 156 cm³/mol. The number of nitrogens with one attached hydrogen (secondary N) is 1. The zero-order valence-corrected chi connectivity index (χ0v) is 23.2. The summed E-state index contributed by atoms with van der Waals surface area (Å²) in [6, 6.07) is 17.6. The highest BCUT2D eigenvalue weighted by Crippen LogP contribution is 2.35. The van der Waals surface area contributed by atoms with E-state index in [1.807, 2.05) is 50.5 Å². The van der Waals surface area contributed by atoms with Gasteiger partial charge in [0.2, 0.25) is 11.8 Å². The molecule has 0 saturated heterocycles. The lowest BCUT2D eigenvalue weighted by Gasteiger charge is -2.29. The third-order valence-electron chi connectivity index (χ3n) is 6.79. The molecule has 1 aliphatic heterocycles. The van der Waals surface area contributed by atoms with Crippen molar-refractivity contribution in [3.05, 3.63) is 100.0 Å². The third kappa shape index (κ3) is 6.46. The van der Waals surface area contributed by atoms with Crippen LogP contribution in [0, 0.1) is 37.0 Å². The molecule has 4 aromatic rings. The molecule has 1 N–H and O–H groups in total. The minimum absolute atomic E-state index is 0.471. The summed E-state index contributed by atoms with van der Waals surface area (Å²) >= 11 is 0. The fourth-order valence-corrected chi connectivity index (χ4v) is 4.79. The Hall–Kier alpha value is -4.72. The van der Waals surface area contributed by atoms with Gasteiger partial charge >= 0.3 is 0 Å². The minimum atomic E-state index is 0.471. The minimum Gasteiger partial charge on any atom is -0.438 e. The number of aromatic nitrogens is 3. The summed E-state index contributed by atoms with van der Waals surface area (Å²) in [5, 5.41) is 12.4. The van der Waals surface area contributed by atoms with Gasteiger partial charge in [-0.15, -0.1) is 0 Å². The van der Waals surface area contributed by atoms with Crippen molar-refractivity contribution in [1.29, 1.82) is 5.26 Å². The summed E-state index contributed by atoms with van der Waals surface area (Å²) < 4.78 is 6.61. The highest BCUT2D eigenvalue weighted by Gasteiger charge is 2.25. The van der Waals surface area contributed by atoms with Gasteiger partial charge < -0.3 is 10.1 Å². The number of unbranched alkanes of at least 4 members (excludes halogenated alkanes) is 1. The van der Waals surface area contributed by atoms with Gasteiger partial charge in [-0.3, -0.25) is 9.88 Å². The predicted octanol–water partition coefficient (Wildman–Crippen LogP) is 6.61. The molecule has 0 aliphatic carbocycles. The van der Waals surface area contributed by atoms with Gasteiger partial charge in [-0.1, -0.05) is 18.8 Å². The largest absolute Gasteiger partial charge is 0.438 e. The zero-order valence-electron chi connectivity index (χ0n) is 23.2. The van der Waals surface area contributed by atoms with Gasteiger partial charge in [0.05, 0.1) is 22.9 Å². The summed E-state index contributed by atoms with van der Waals surface area (Å²) in [5.74, 6) is 8.31. The maximum absolute atomic E-state index is 9.13. The van der Waals surface area contributed by atoms with E-state index >= 15 is 0 Å². The van der Waals surface area contributed by atoms with E-state index in [-0.39, 0.29) is 0 Å². The molecule has 0 unspecified atom stereocenters. The number of hydrogen-bond donors (Lipinski definition) is 1. The van der Waals surface area contributed by atoms with Gasteiger partial charge in [-0.2, -0.15) is 10.2 Å². The van der Waals surface area contributed by atoms with Gasteiger partial charge in [0, 0.05) is 56.1 Å². The van der Waals surface area contributed by atoms with Gasteiger partial charge in [-0.25, -0.2) is 4.98 Å². The lowest BCUT2D eigenvalue weighted by atomic mass is 10.0. The van der Waals surface area contributed by atoms with Crippen LogP contribution in [-0.2, 0) is 19.5 Å². The van der Waals surface area contributed by atoms with Crippen molar-refractivity contribution in [3.8, 4) is 29.5 Å². The molecule has 0 atom stereocenters. The van der Waals surface area contributed by atoms with Gasteiger partial charge in [0.25, 0.3) is 0 Å². The van der Waals surface area contributed by atoms with Crippen LogP contribution in [0.4, 0.5) is 11.6 Å². The van der Waals surface area contributed by atoms with Crippen LogP contribution in [0.2, 0.25) is 0 Å². The number of nitrogens with zero attached hydrogens (tertiary/aromatic N) is 5. The van der Waals surface area contributed by atoms with E-state index in [0.29, 0.717) is 23.9 Å². The molecular formula is C33H32N6O. The average Bonchev–Trinajstić information content (AvgIpc) is 2.96. The van der Waals surface area contributed by atoms with Crippen LogP contribution in [0.5, 0.6) is 11.6 Å². The maximum Gasteiger partial charge on any atom is 0.230 e. The molecule has 200 valence electrons. The molecule has 1 aliphatic rings. The molecular weight excluding hydrogens is 496 g/mol. The maximum atomic E-state index is 9.13. The quantitative estimate of drug-likeness (QED) is 0.270. The summed E-state index contributed by atoms with van der Waals surface area (Å²) in [7, 11) is 0. The first kappa shape index (κ1) is 26.9. The van der Waals surface area contributed by atoms with Gasteiger partial charge in [0.1, 0.15) is 5.75 Å². The Labute approximate surface area is 235 Å². The molecule has 0 fully saturated rings. The Bertz CT molecular complexity index is 1570. The van der Waals surface area contributed by atoms with Crippen molar-refractivity contribution < 1.29 is 4.74 Å². The zero-order chi connectivity index (χ0) is 27.9. The molecule has 0 radical (unpaired) electrons. The Kier molecular flexibility index (Phi) is 8.35. The molecule has 0 saturated carbocycles. The summed E-state index contributed by atoms with van der Waals surface area (Å²) in [5.41, 5.74) is 7.62. The number of ether oxygens (including phenoxy) is 1. The Morgan fingerprint density at radius 1 is 1.00 bits per heavy atom. The van der Waals surface area contributed by atoms with E-state index in [1.54, 1.807) is 12.1 Å². The van der Waals surface area contributed by atoms with E-state index in [9.17, 15) is 0 Å². The van der Waals surface area contributed by atoms with E-state index in [1.165, 1.54) is 5.56 Å². The molecule has 3 heterocycles. The smallest absolute Gasteiger partial charge is 0.230 e. The van der Waals surface area contributed by atoms with Crippen LogP contribution >= 0.6 is 0 Å². The number of pyridine rings is 1. The Morgan fingerprint density at radius 3 is 2.45 bits per heavy atom. The van der Waals surface area contributed by atoms with Crippen LogP contribution in [0.1, 0.15) is 58.8 Å². The highest BCUT2D eigenvalue weighted by atomic mass is 16.5. The fraction of sp³-hybridized carbons (Fsp3) is 0.273. The number of rotatable bonds is 7. The fourth-order valence-electron chi connectivity index (χ4n) is 4.79. The normalized spacial score (nSPS) is 12.6. The van der Waals surface area contributed by atoms with Crippen LogP contribution in [-0.4, -0.2) is 26.4 Å². The monoisotopic (exact) mass is 528 g/mol. The summed E-state index contributed by atoms with van der Waals surface area (Å²) in [6.07, 6.45) is 6.36. The van der Waals surface area contributed by atoms with Crippen LogP contribution in [0.15, 0.2) is 60.9 Å². The lowest BCUT2D eigenvalue weighted by molar-refractivity contribution is 0.238. The summed E-state index contributed by atoms with van der Waals surface area (Å²) in [4.78, 5) is 16.3. The summed E-state index contributed by atoms with van der Waals surface area (Å²) in [6.45, 7) is 8.61. The van der Waals surface area contributed by atoms with Crippen LogP contribution in [0.3, 0.4) is 0 Å². The molecule has 7 heteroatoms. The SMILES string of the molecule is CCCC#Cc1cc(C)c(Oc2nc(Nc3ccc(C#N)cc3)nc3c2CN(Cc2ccncc2)CC3)c(C)c1. The van der Waals surface area contributed by atoms with Crippen LogP contribution < -0.4 is 10.1 Å². The highest BCUT2D eigenvalue weighted by molar-refractivity contribution is 5.57. The molecule has 7 nitrogen and oxygen atoms in total. The van der Waals surface area contributed by atoms with Gasteiger partial charge in [-0.05, 0) is 85.5 Å². The van der Waals surface area contributed by atoms with Gasteiger partial charge in [0.15, 0.2) is 0 Å². The van der Waals surface area contributed by atoms with E-state index < -0.39 is 0 Å². The molecule has 5 rings (SSSR count). The Balaban J connectivity index is 1.48. The first-order valence-electron chi connectivity index (χ1n) is 13.6. The number of hydrogen-bond acceptors (Lipinski definition) is 7. The second kappa shape index (κ2) is 12.4. The number of aryl methyl sites for hydroxylation is 2. The number of nitriles is 1. The van der Waals surface area contributed by atoms with Crippen molar-refractivity contribution in [2.45, 2.75) is 53.1 Å². The first-order chi connectivity index (χ1) is 19.5. The third-order valence-corrected chi connectivity index (χ3v) is 6.79. The van der Waals surface area contributed by atoms with Crippen molar-refractivity contribution in [2.24, 2.45) is 0 Å². The molecule has 0 bridgehead atoms. The van der Waals surface area contributed by atoms with E-state index in [0.717, 1.165) is 71.7 Å². The van der Waals surface area contributed by atoms with Crippen LogP contribution in [0.25, 0.3) is 0 Å². The van der Waals surface area contributed by atoms with Crippen molar-refractivity contribution in [1.82, 2.24) is 19.9 Å². The standard InChI is InChI=1S/C33H32N6O/c1-4-5-6-7-27-18-23(2)31(24(3)19-27)40-32-29-22-39(21-26-12-15-35-16-13-26)17-14-30(29)37-33(38-32)36-28-10-8-25(20-34)9-11-28/h8-13,15-16,18-19H,4-5,14,17,21-22H2,1-3H3,(H,36,37,38). The lowest BCUT2D eigenvalue weighted by Crippen LogP contribution is -2.31. The second-order valence-electron chi connectivity index (χ2n) is 10.0. The topological polar surface area (TPSA) is 87.0 Å². The Morgan fingerprint density at radius 2 is 1.75 bits per heavy atom.